The molecule has 0 aliphatic carbocycles. The number of nitrogens with two attached hydrogens (primary N) is 1. The van der Waals surface area contributed by atoms with Crippen LogP contribution in [0, 0.1) is 9.39 Å². The highest BCUT2D eigenvalue weighted by atomic mass is 127. The number of rotatable bonds is 1. The zero-order chi connectivity index (χ0) is 15.1. The van der Waals surface area contributed by atoms with Gasteiger partial charge in [-0.05, 0) is 34.7 Å². The van der Waals surface area contributed by atoms with Gasteiger partial charge in [-0.15, -0.1) is 0 Å². The molecule has 0 saturated carbocycles. The van der Waals surface area contributed by atoms with Crippen LogP contribution < -0.4 is 5.73 Å². The second-order valence-corrected chi connectivity index (χ2v) is 6.62. The number of aromatic nitrogens is 2. The van der Waals surface area contributed by atoms with E-state index in [1.54, 1.807) is 0 Å². The molecule has 4 nitrogen and oxygen atoms in total. The van der Waals surface area contributed by atoms with E-state index >= 15 is 0 Å². The molecule has 106 valence electrons. The van der Waals surface area contributed by atoms with Crippen LogP contribution in [0.4, 0.5) is 10.2 Å². The fourth-order valence-electron chi connectivity index (χ4n) is 1.79. The maximum atomic E-state index is 13.4. The van der Waals surface area contributed by atoms with Gasteiger partial charge < -0.3 is 10.8 Å². The van der Waals surface area contributed by atoms with Crippen LogP contribution in [0.5, 0.6) is 5.75 Å². The number of nitrogens with zero attached hydrogens (tertiary/aromatic N) is 2. The molecule has 1 heterocycles. The molecule has 0 saturated heterocycles. The highest BCUT2D eigenvalue weighted by molar-refractivity contribution is 14.1. The molecule has 2 aromatic rings. The molecular formula is C14H15FIN3O. The van der Waals surface area contributed by atoms with Crippen molar-refractivity contribution < 1.29 is 9.50 Å². The Kier molecular flexibility index (Phi) is 3.86. The Morgan fingerprint density at radius 1 is 1.20 bits per heavy atom. The van der Waals surface area contributed by atoms with Crippen LogP contribution in [-0.2, 0) is 5.41 Å². The fraction of sp³-hybridized carbons (Fsp3) is 0.286. The number of aromatic hydroxyl groups is 1. The minimum absolute atomic E-state index is 0.168. The van der Waals surface area contributed by atoms with E-state index in [-0.39, 0.29) is 11.2 Å². The number of nitrogen functional groups attached to an aromatic ring is 1. The second-order valence-electron chi connectivity index (χ2n) is 5.54. The average molecular weight is 387 g/mol. The van der Waals surface area contributed by atoms with Gasteiger partial charge in [-0.1, -0.05) is 20.8 Å². The van der Waals surface area contributed by atoms with E-state index in [2.05, 4.69) is 32.6 Å². The fourth-order valence-corrected chi connectivity index (χ4v) is 2.84. The van der Waals surface area contributed by atoms with Gasteiger partial charge in [0.25, 0.3) is 0 Å². The maximum Gasteiger partial charge on any atom is 0.162 e. The average Bonchev–Trinajstić information content (AvgIpc) is 2.29. The van der Waals surface area contributed by atoms with Crippen LogP contribution in [0.2, 0.25) is 0 Å². The second kappa shape index (κ2) is 5.16. The van der Waals surface area contributed by atoms with Crippen molar-refractivity contribution >= 4 is 28.4 Å². The van der Waals surface area contributed by atoms with Crippen LogP contribution in [0.3, 0.4) is 0 Å². The van der Waals surface area contributed by atoms with Crippen molar-refractivity contribution in [3.8, 4) is 17.1 Å². The number of phenolic OH excluding ortho intramolecular Hbond substituents is 1. The van der Waals surface area contributed by atoms with E-state index in [0.717, 1.165) is 15.3 Å². The lowest BCUT2D eigenvalue weighted by Crippen LogP contribution is -2.18. The lowest BCUT2D eigenvalue weighted by atomic mass is 9.92. The van der Waals surface area contributed by atoms with Crippen LogP contribution in [0.1, 0.15) is 26.5 Å². The van der Waals surface area contributed by atoms with E-state index in [4.69, 9.17) is 5.73 Å². The first-order chi connectivity index (χ1) is 9.18. The third kappa shape index (κ3) is 3.00. The predicted octanol–water partition coefficient (Wildman–Crippen LogP) is 3.47. The molecule has 0 radical (unpaired) electrons. The summed E-state index contributed by atoms with van der Waals surface area (Å²) in [5.74, 6) is -0.0528. The Hall–Kier alpha value is -1.44. The zero-order valence-corrected chi connectivity index (χ0v) is 13.6. The van der Waals surface area contributed by atoms with Crippen molar-refractivity contribution in [3.05, 3.63) is 33.3 Å². The van der Waals surface area contributed by atoms with Crippen molar-refractivity contribution in [2.24, 2.45) is 0 Å². The van der Waals surface area contributed by atoms with Gasteiger partial charge in [0, 0.05) is 17.0 Å². The van der Waals surface area contributed by atoms with Gasteiger partial charge in [0.2, 0.25) is 0 Å². The van der Waals surface area contributed by atoms with Crippen molar-refractivity contribution in [1.29, 1.82) is 0 Å². The standard InChI is InChI=1S/C14H15FIN3O/c1-14(2,3)11-10(16)12(17)19-13(18-11)7-4-8(15)6-9(20)5-7/h4-6,20H,1-3H3,(H2,17,18,19). The number of hydrogen-bond donors (Lipinski definition) is 2. The third-order valence-corrected chi connectivity index (χ3v) is 3.79. The van der Waals surface area contributed by atoms with E-state index in [9.17, 15) is 9.50 Å². The molecule has 20 heavy (non-hydrogen) atoms. The summed E-state index contributed by atoms with van der Waals surface area (Å²) in [6.45, 7) is 6.05. The Bertz CT molecular complexity index is 648. The van der Waals surface area contributed by atoms with Crippen molar-refractivity contribution in [1.82, 2.24) is 9.97 Å². The van der Waals surface area contributed by atoms with Crippen LogP contribution in [-0.4, -0.2) is 15.1 Å². The van der Waals surface area contributed by atoms with Crippen LogP contribution in [0.25, 0.3) is 11.4 Å². The summed E-state index contributed by atoms with van der Waals surface area (Å²) < 4.78 is 14.2. The first-order valence-corrected chi connectivity index (χ1v) is 7.10. The first-order valence-electron chi connectivity index (χ1n) is 6.02. The lowest BCUT2D eigenvalue weighted by Gasteiger charge is -2.21. The molecule has 0 spiro atoms. The van der Waals surface area contributed by atoms with E-state index in [1.807, 2.05) is 20.8 Å². The molecule has 0 atom stereocenters. The molecule has 0 aliphatic rings. The smallest absolute Gasteiger partial charge is 0.162 e. The van der Waals surface area contributed by atoms with Crippen LogP contribution >= 0.6 is 22.6 Å². The number of phenols is 1. The van der Waals surface area contributed by atoms with Crippen molar-refractivity contribution in [2.75, 3.05) is 5.73 Å². The predicted molar refractivity (Wildman–Crippen MR) is 84.9 cm³/mol. The summed E-state index contributed by atoms with van der Waals surface area (Å²) in [5.41, 5.74) is 6.90. The van der Waals surface area contributed by atoms with Gasteiger partial charge in [0.1, 0.15) is 17.4 Å². The largest absolute Gasteiger partial charge is 0.508 e. The van der Waals surface area contributed by atoms with E-state index < -0.39 is 5.82 Å². The number of hydrogen-bond acceptors (Lipinski definition) is 4. The minimum atomic E-state index is -0.543. The number of halogens is 2. The minimum Gasteiger partial charge on any atom is -0.508 e. The van der Waals surface area contributed by atoms with Gasteiger partial charge in [0.15, 0.2) is 5.82 Å². The van der Waals surface area contributed by atoms with Crippen LogP contribution in [0.15, 0.2) is 18.2 Å². The quantitative estimate of drug-likeness (QED) is 0.736. The van der Waals surface area contributed by atoms with E-state index in [1.165, 1.54) is 12.1 Å². The molecule has 2 rings (SSSR count). The Labute approximate surface area is 130 Å². The molecule has 0 unspecified atom stereocenters. The van der Waals surface area contributed by atoms with Gasteiger partial charge in [-0.3, -0.25) is 0 Å². The normalized spacial score (nSPS) is 11.7. The zero-order valence-electron chi connectivity index (χ0n) is 11.4. The molecule has 0 aliphatic heterocycles. The van der Waals surface area contributed by atoms with Gasteiger partial charge in [-0.2, -0.15) is 0 Å². The molecular weight excluding hydrogens is 372 g/mol. The summed E-state index contributed by atoms with van der Waals surface area (Å²) in [4.78, 5) is 8.66. The van der Waals surface area contributed by atoms with Crippen molar-refractivity contribution in [2.45, 2.75) is 26.2 Å². The Morgan fingerprint density at radius 3 is 2.40 bits per heavy atom. The molecule has 0 amide bonds. The third-order valence-electron chi connectivity index (χ3n) is 2.73. The summed E-state index contributed by atoms with van der Waals surface area (Å²) in [6, 6.07) is 3.72. The Morgan fingerprint density at radius 2 is 1.85 bits per heavy atom. The molecule has 0 fully saturated rings. The van der Waals surface area contributed by atoms with E-state index in [0.29, 0.717) is 17.2 Å². The maximum absolute atomic E-state index is 13.4. The molecule has 1 aromatic carbocycles. The van der Waals surface area contributed by atoms with Gasteiger partial charge in [0.05, 0.1) is 9.26 Å². The molecule has 1 aromatic heterocycles. The SMILES string of the molecule is CC(C)(C)c1nc(-c2cc(O)cc(F)c2)nc(N)c1I. The van der Waals surface area contributed by atoms with Crippen molar-refractivity contribution in [3.63, 3.8) is 0 Å². The summed E-state index contributed by atoms with van der Waals surface area (Å²) in [5, 5.41) is 9.48. The summed E-state index contributed by atoms with van der Waals surface area (Å²) in [6.07, 6.45) is 0. The lowest BCUT2D eigenvalue weighted by molar-refractivity contribution is 0.469. The van der Waals surface area contributed by atoms with Gasteiger partial charge in [-0.25, -0.2) is 14.4 Å². The molecule has 0 bridgehead atoms. The summed E-state index contributed by atoms with van der Waals surface area (Å²) >= 11 is 2.11. The summed E-state index contributed by atoms with van der Waals surface area (Å²) in [7, 11) is 0. The Balaban J connectivity index is 2.67. The first kappa shape index (κ1) is 15.0. The number of anilines is 1. The van der Waals surface area contributed by atoms with Gasteiger partial charge >= 0.3 is 0 Å². The molecule has 6 heteroatoms. The highest BCUT2D eigenvalue weighted by Gasteiger charge is 2.23. The highest BCUT2D eigenvalue weighted by Crippen LogP contribution is 2.31. The number of benzene rings is 1. The molecule has 3 N–H and O–H groups in total. The monoisotopic (exact) mass is 387 g/mol. The topological polar surface area (TPSA) is 72.0 Å².